The first-order valence-corrected chi connectivity index (χ1v) is 6.89. The third-order valence-corrected chi connectivity index (χ3v) is 3.04. The molecule has 114 valence electrons. The molecule has 1 unspecified atom stereocenters. The first-order valence-electron chi connectivity index (χ1n) is 6.89. The summed E-state index contributed by atoms with van der Waals surface area (Å²) in [5.74, 6) is 0.764. The van der Waals surface area contributed by atoms with Crippen LogP contribution in [0.5, 0.6) is 0 Å². The van der Waals surface area contributed by atoms with Gasteiger partial charge in [-0.3, -0.25) is 4.79 Å². The van der Waals surface area contributed by atoms with Crippen LogP contribution in [-0.4, -0.2) is 30.0 Å². The third kappa shape index (κ3) is 5.35. The Morgan fingerprint density at radius 1 is 1.35 bits per heavy atom. The smallest absolute Gasteiger partial charge is 0.241 e. The van der Waals surface area contributed by atoms with E-state index < -0.39 is 6.04 Å². The van der Waals surface area contributed by atoms with E-state index in [1.54, 1.807) is 6.20 Å². The lowest BCUT2D eigenvalue weighted by atomic mass is 10.1. The zero-order chi connectivity index (χ0) is 14.3. The Morgan fingerprint density at radius 2 is 2.00 bits per heavy atom. The van der Waals surface area contributed by atoms with E-state index in [4.69, 9.17) is 5.73 Å². The van der Waals surface area contributed by atoms with E-state index in [0.29, 0.717) is 12.1 Å². The van der Waals surface area contributed by atoms with Crippen LogP contribution in [0.25, 0.3) is 0 Å². The van der Waals surface area contributed by atoms with E-state index in [1.807, 2.05) is 19.1 Å². The standard InChI is InChI=1S/C14H24N4O.ClH/c1-4-7-12(15)14(19)17-11-8-9-13(16-10-11)18(5-2)6-3;/h8-10,12H,4-7,15H2,1-3H3,(H,17,19);1H. The Labute approximate surface area is 127 Å². The average molecular weight is 301 g/mol. The summed E-state index contributed by atoms with van der Waals surface area (Å²) in [6.45, 7) is 8.01. The average Bonchev–Trinajstić information content (AvgIpc) is 2.42. The van der Waals surface area contributed by atoms with Crippen molar-refractivity contribution in [2.75, 3.05) is 23.3 Å². The Morgan fingerprint density at radius 3 is 2.45 bits per heavy atom. The Balaban J connectivity index is 0.00000361. The molecule has 20 heavy (non-hydrogen) atoms. The van der Waals surface area contributed by atoms with Crippen molar-refractivity contribution in [2.24, 2.45) is 5.73 Å². The van der Waals surface area contributed by atoms with Crippen LogP contribution in [0.3, 0.4) is 0 Å². The molecule has 0 aliphatic carbocycles. The number of halogens is 1. The minimum absolute atomic E-state index is 0. The van der Waals surface area contributed by atoms with E-state index in [9.17, 15) is 4.79 Å². The molecule has 0 bridgehead atoms. The second-order valence-electron chi connectivity index (χ2n) is 4.46. The molecule has 0 aromatic carbocycles. The number of carbonyl (C=O) groups is 1. The summed E-state index contributed by atoms with van der Waals surface area (Å²) in [7, 11) is 0. The van der Waals surface area contributed by atoms with Gasteiger partial charge in [0.25, 0.3) is 0 Å². The van der Waals surface area contributed by atoms with Crippen LogP contribution in [0.4, 0.5) is 11.5 Å². The number of rotatable bonds is 7. The highest BCUT2D eigenvalue weighted by Gasteiger charge is 2.12. The molecule has 0 aliphatic rings. The van der Waals surface area contributed by atoms with Gasteiger partial charge in [0.05, 0.1) is 17.9 Å². The number of amides is 1. The second-order valence-corrected chi connectivity index (χ2v) is 4.46. The van der Waals surface area contributed by atoms with Crippen molar-refractivity contribution >= 4 is 29.8 Å². The van der Waals surface area contributed by atoms with E-state index in [0.717, 1.165) is 25.3 Å². The van der Waals surface area contributed by atoms with Gasteiger partial charge in [-0.2, -0.15) is 0 Å². The fourth-order valence-corrected chi connectivity index (χ4v) is 1.87. The fourth-order valence-electron chi connectivity index (χ4n) is 1.87. The van der Waals surface area contributed by atoms with E-state index >= 15 is 0 Å². The van der Waals surface area contributed by atoms with Gasteiger partial charge in [-0.05, 0) is 32.4 Å². The predicted molar refractivity (Wildman–Crippen MR) is 86.6 cm³/mol. The highest BCUT2D eigenvalue weighted by Crippen LogP contribution is 2.14. The molecule has 1 rings (SSSR count). The Hall–Kier alpha value is -1.33. The number of hydrogen-bond donors (Lipinski definition) is 2. The molecule has 1 heterocycles. The third-order valence-electron chi connectivity index (χ3n) is 3.04. The topological polar surface area (TPSA) is 71.2 Å². The molecule has 0 saturated carbocycles. The highest BCUT2D eigenvalue weighted by atomic mass is 35.5. The summed E-state index contributed by atoms with van der Waals surface area (Å²) in [6.07, 6.45) is 3.26. The Bertz CT molecular complexity index is 393. The van der Waals surface area contributed by atoms with Gasteiger partial charge in [0.15, 0.2) is 0 Å². The minimum Gasteiger partial charge on any atom is -0.357 e. The number of aromatic nitrogens is 1. The minimum atomic E-state index is -0.451. The first-order chi connectivity index (χ1) is 9.12. The lowest BCUT2D eigenvalue weighted by Gasteiger charge is -2.19. The molecule has 5 nitrogen and oxygen atoms in total. The van der Waals surface area contributed by atoms with Gasteiger partial charge in [0.1, 0.15) is 5.82 Å². The van der Waals surface area contributed by atoms with Crippen molar-refractivity contribution in [1.82, 2.24) is 4.98 Å². The summed E-state index contributed by atoms with van der Waals surface area (Å²) in [6, 6.07) is 3.32. The quantitative estimate of drug-likeness (QED) is 0.811. The van der Waals surface area contributed by atoms with Gasteiger partial charge in [0.2, 0.25) is 5.91 Å². The summed E-state index contributed by atoms with van der Waals surface area (Å²) >= 11 is 0. The van der Waals surface area contributed by atoms with Crippen molar-refractivity contribution in [3.8, 4) is 0 Å². The van der Waals surface area contributed by atoms with E-state index in [2.05, 4.69) is 29.0 Å². The number of pyridine rings is 1. The van der Waals surface area contributed by atoms with Crippen LogP contribution >= 0.6 is 12.4 Å². The van der Waals surface area contributed by atoms with E-state index in [1.165, 1.54) is 0 Å². The number of carbonyl (C=O) groups excluding carboxylic acids is 1. The highest BCUT2D eigenvalue weighted by molar-refractivity contribution is 5.94. The van der Waals surface area contributed by atoms with Gasteiger partial charge < -0.3 is 16.0 Å². The second kappa shape index (κ2) is 9.55. The molecule has 1 aromatic heterocycles. The number of hydrogen-bond acceptors (Lipinski definition) is 4. The zero-order valence-corrected chi connectivity index (χ0v) is 13.2. The summed E-state index contributed by atoms with van der Waals surface area (Å²) in [5.41, 5.74) is 6.44. The number of nitrogens with zero attached hydrogens (tertiary/aromatic N) is 2. The number of nitrogens with two attached hydrogens (primary N) is 1. The summed E-state index contributed by atoms with van der Waals surface area (Å²) < 4.78 is 0. The molecule has 1 aromatic rings. The van der Waals surface area contributed by atoms with Crippen molar-refractivity contribution in [2.45, 2.75) is 39.7 Å². The van der Waals surface area contributed by atoms with Crippen LogP contribution in [0.1, 0.15) is 33.6 Å². The molecule has 6 heteroatoms. The monoisotopic (exact) mass is 300 g/mol. The molecule has 0 radical (unpaired) electrons. The van der Waals surface area contributed by atoms with Crippen molar-refractivity contribution in [1.29, 1.82) is 0 Å². The SMILES string of the molecule is CCCC(N)C(=O)Nc1ccc(N(CC)CC)nc1.Cl. The van der Waals surface area contributed by atoms with E-state index in [-0.39, 0.29) is 18.3 Å². The Kier molecular flexibility index (Phi) is 8.92. The fraction of sp³-hybridized carbons (Fsp3) is 0.571. The largest absolute Gasteiger partial charge is 0.357 e. The van der Waals surface area contributed by atoms with Crippen LogP contribution in [0.2, 0.25) is 0 Å². The van der Waals surface area contributed by atoms with Gasteiger partial charge in [-0.15, -0.1) is 12.4 Å². The van der Waals surface area contributed by atoms with Gasteiger partial charge >= 0.3 is 0 Å². The van der Waals surface area contributed by atoms with Gasteiger partial charge in [0, 0.05) is 13.1 Å². The molecule has 0 spiro atoms. The van der Waals surface area contributed by atoms with Crippen molar-refractivity contribution in [3.63, 3.8) is 0 Å². The molecular weight excluding hydrogens is 276 g/mol. The molecule has 0 saturated heterocycles. The van der Waals surface area contributed by atoms with Crippen LogP contribution < -0.4 is 16.0 Å². The molecular formula is C14H25ClN4O. The van der Waals surface area contributed by atoms with Crippen LogP contribution in [0, 0.1) is 0 Å². The lowest BCUT2D eigenvalue weighted by molar-refractivity contribution is -0.117. The maximum Gasteiger partial charge on any atom is 0.241 e. The molecule has 1 amide bonds. The molecule has 3 N–H and O–H groups in total. The van der Waals surface area contributed by atoms with Crippen LogP contribution in [0.15, 0.2) is 18.3 Å². The molecule has 1 atom stereocenters. The van der Waals surface area contributed by atoms with Crippen LogP contribution in [-0.2, 0) is 4.79 Å². The maximum absolute atomic E-state index is 11.8. The summed E-state index contributed by atoms with van der Waals surface area (Å²) in [4.78, 5) is 18.3. The molecule has 0 aliphatic heterocycles. The zero-order valence-electron chi connectivity index (χ0n) is 12.4. The van der Waals surface area contributed by atoms with Gasteiger partial charge in [-0.1, -0.05) is 13.3 Å². The maximum atomic E-state index is 11.8. The van der Waals surface area contributed by atoms with Crippen molar-refractivity contribution in [3.05, 3.63) is 18.3 Å². The summed E-state index contributed by atoms with van der Waals surface area (Å²) in [5, 5.41) is 2.78. The first kappa shape index (κ1) is 18.7. The number of nitrogens with one attached hydrogen (secondary N) is 1. The van der Waals surface area contributed by atoms with Gasteiger partial charge in [-0.25, -0.2) is 4.98 Å². The van der Waals surface area contributed by atoms with Crippen molar-refractivity contribution < 1.29 is 4.79 Å². The normalized spacial score (nSPS) is 11.4. The lowest BCUT2D eigenvalue weighted by Crippen LogP contribution is -2.35. The predicted octanol–water partition coefficient (Wildman–Crippen LogP) is 2.42. The molecule has 0 fully saturated rings. The number of anilines is 2.